The predicted octanol–water partition coefficient (Wildman–Crippen LogP) is 8.99. The molecule has 0 saturated carbocycles. The summed E-state index contributed by atoms with van der Waals surface area (Å²) >= 11 is 9.93. The van der Waals surface area contributed by atoms with Crippen LogP contribution in [-0.2, 0) is 12.8 Å². The van der Waals surface area contributed by atoms with Crippen LogP contribution in [0.25, 0.3) is 42.9 Å². The number of halogens is 4. The van der Waals surface area contributed by atoms with E-state index in [1.807, 2.05) is 48.8 Å². The molecule has 16 heteroatoms. The van der Waals surface area contributed by atoms with Crippen LogP contribution in [0.1, 0.15) is 30.5 Å². The first-order valence-corrected chi connectivity index (χ1v) is 21.3. The number of rotatable bonds is 12. The molecule has 0 bridgehead atoms. The predicted molar refractivity (Wildman–Crippen MR) is 235 cm³/mol. The molecule has 6 aromatic heterocycles. The Labute approximate surface area is 356 Å². The van der Waals surface area contributed by atoms with Crippen LogP contribution in [0.3, 0.4) is 0 Å². The fourth-order valence-corrected chi connectivity index (χ4v) is 10.0. The summed E-state index contributed by atoms with van der Waals surface area (Å²) in [5.74, 6) is -0.999. The Bertz CT molecular complexity index is 2710. The minimum Gasteiger partial charge on any atom is -0.350 e. The molecule has 58 heavy (non-hydrogen) atoms. The third-order valence-corrected chi connectivity index (χ3v) is 13.3. The van der Waals surface area contributed by atoms with Crippen molar-refractivity contribution in [3.63, 3.8) is 0 Å². The van der Waals surface area contributed by atoms with Crippen LogP contribution in [-0.4, -0.2) is 56.9 Å². The van der Waals surface area contributed by atoms with Crippen molar-refractivity contribution in [3.8, 4) is 20.9 Å². The third kappa shape index (κ3) is 9.60. The van der Waals surface area contributed by atoms with Gasteiger partial charge in [-0.2, -0.15) is 0 Å². The molecule has 6 heterocycles. The zero-order chi connectivity index (χ0) is 40.8. The summed E-state index contributed by atoms with van der Waals surface area (Å²) < 4.78 is 28.9. The van der Waals surface area contributed by atoms with Crippen LogP contribution in [0.2, 0.25) is 0 Å². The largest absolute Gasteiger partial charge is 0.350 e. The number of aromatic amines is 2. The summed E-state index contributed by atoms with van der Waals surface area (Å²) in [7, 11) is 0. The number of nitrogens with one attached hydrogen (secondary N) is 4. The van der Waals surface area contributed by atoms with Crippen molar-refractivity contribution in [2.45, 2.75) is 24.9 Å². The molecule has 2 aromatic carbocycles. The molecule has 0 fully saturated rings. The SMILES string of the molecule is NC[C@@H](Cc1ccccc1F)NC(=O)c1cc(Br)c(-c2ccnc3[nH]ccc23)s1.N[C@@H](CNC(=O)c1cc(Br)c(-c2ccnc3[nH]ccc23)s1)Cc1cccc(F)c1. The second kappa shape index (κ2) is 18.7. The van der Waals surface area contributed by atoms with E-state index in [0.717, 1.165) is 57.5 Å². The van der Waals surface area contributed by atoms with Gasteiger partial charge in [-0.3, -0.25) is 9.59 Å². The Hall–Kier alpha value is -5.10. The molecule has 8 rings (SSSR count). The lowest BCUT2D eigenvalue weighted by Gasteiger charge is -2.16. The first-order valence-electron chi connectivity index (χ1n) is 18.0. The smallest absolute Gasteiger partial charge is 0.261 e. The Kier molecular flexibility index (Phi) is 13.2. The van der Waals surface area contributed by atoms with E-state index in [9.17, 15) is 18.4 Å². The summed E-state index contributed by atoms with van der Waals surface area (Å²) in [6, 6.07) is 23.6. The number of H-pyrrole nitrogens is 2. The van der Waals surface area contributed by atoms with Gasteiger partial charge in [0.05, 0.1) is 19.5 Å². The number of nitrogens with two attached hydrogens (primary N) is 2. The lowest BCUT2D eigenvalue weighted by molar-refractivity contribution is 0.0938. The highest BCUT2D eigenvalue weighted by molar-refractivity contribution is 9.11. The molecule has 0 aliphatic heterocycles. The summed E-state index contributed by atoms with van der Waals surface area (Å²) in [5.41, 5.74) is 16.9. The molecule has 2 atom stereocenters. The molecule has 0 radical (unpaired) electrons. The highest BCUT2D eigenvalue weighted by atomic mass is 79.9. The maximum atomic E-state index is 13.9. The number of benzene rings is 2. The van der Waals surface area contributed by atoms with Gasteiger partial charge in [-0.25, -0.2) is 18.7 Å². The van der Waals surface area contributed by atoms with Gasteiger partial charge in [0.15, 0.2) is 0 Å². The van der Waals surface area contributed by atoms with Crippen LogP contribution in [0.5, 0.6) is 0 Å². The van der Waals surface area contributed by atoms with Crippen molar-refractivity contribution in [3.05, 3.63) is 151 Å². The number of carbonyl (C=O) groups excluding carboxylic acids is 2. The number of pyridine rings is 2. The average Bonchev–Trinajstić information content (AvgIpc) is 4.04. The second-order valence-corrected chi connectivity index (χ2v) is 17.1. The normalized spacial score (nSPS) is 12.2. The fraction of sp³-hybridized carbons (Fsp3) is 0.143. The third-order valence-electron chi connectivity index (χ3n) is 9.19. The van der Waals surface area contributed by atoms with E-state index < -0.39 is 0 Å². The molecular formula is C42H36Br2F2N8O2S2. The molecule has 2 amide bonds. The molecule has 0 aliphatic carbocycles. The van der Waals surface area contributed by atoms with Gasteiger partial charge in [-0.1, -0.05) is 30.3 Å². The number of hydrogen-bond acceptors (Lipinski definition) is 8. The topological polar surface area (TPSA) is 168 Å². The van der Waals surface area contributed by atoms with Crippen LogP contribution in [0.15, 0.2) is 119 Å². The molecule has 8 N–H and O–H groups in total. The first-order chi connectivity index (χ1) is 28.1. The highest BCUT2D eigenvalue weighted by Crippen LogP contribution is 2.40. The molecule has 0 spiro atoms. The Morgan fingerprint density at radius 1 is 0.759 bits per heavy atom. The molecule has 8 aromatic rings. The van der Waals surface area contributed by atoms with Crippen LogP contribution in [0.4, 0.5) is 8.78 Å². The second-order valence-electron chi connectivity index (χ2n) is 13.3. The van der Waals surface area contributed by atoms with Crippen molar-refractivity contribution < 1.29 is 18.4 Å². The van der Waals surface area contributed by atoms with Gasteiger partial charge >= 0.3 is 0 Å². The summed E-state index contributed by atoms with van der Waals surface area (Å²) in [5, 5.41) is 7.78. The average molecular weight is 947 g/mol. The quantitative estimate of drug-likeness (QED) is 0.0715. The minimum atomic E-state index is -0.360. The minimum absolute atomic E-state index is 0.184. The number of thiophene rings is 2. The summed E-state index contributed by atoms with van der Waals surface area (Å²) in [6.45, 7) is 0.519. The van der Waals surface area contributed by atoms with Gasteiger partial charge in [0.1, 0.15) is 22.9 Å². The maximum absolute atomic E-state index is 13.9. The zero-order valence-corrected chi connectivity index (χ0v) is 35.4. The molecule has 296 valence electrons. The number of nitrogens with zero attached hydrogens (tertiary/aromatic N) is 2. The van der Waals surface area contributed by atoms with E-state index in [2.05, 4.69) is 62.4 Å². The van der Waals surface area contributed by atoms with Crippen molar-refractivity contribution in [2.24, 2.45) is 11.5 Å². The van der Waals surface area contributed by atoms with Gasteiger partial charge < -0.3 is 32.1 Å². The molecular weight excluding hydrogens is 910 g/mol. The summed E-state index contributed by atoms with van der Waals surface area (Å²) in [4.78, 5) is 43.3. The van der Waals surface area contributed by atoms with Crippen molar-refractivity contribution in [2.75, 3.05) is 13.1 Å². The number of aromatic nitrogens is 4. The van der Waals surface area contributed by atoms with Gasteiger partial charge in [0, 0.05) is 80.8 Å². The van der Waals surface area contributed by atoms with Crippen LogP contribution >= 0.6 is 54.5 Å². The van der Waals surface area contributed by atoms with Crippen molar-refractivity contribution >= 4 is 88.4 Å². The van der Waals surface area contributed by atoms with Gasteiger partial charge in [0.25, 0.3) is 11.8 Å². The van der Waals surface area contributed by atoms with Gasteiger partial charge in [-0.05, 0) is 110 Å². The van der Waals surface area contributed by atoms with E-state index in [0.29, 0.717) is 34.7 Å². The van der Waals surface area contributed by atoms with E-state index in [1.54, 1.807) is 42.7 Å². The first kappa shape index (κ1) is 41.1. The zero-order valence-electron chi connectivity index (χ0n) is 30.6. The molecule has 0 saturated heterocycles. The molecule has 0 unspecified atom stereocenters. The number of hydrogen-bond donors (Lipinski definition) is 6. The fourth-order valence-electron chi connectivity index (χ4n) is 6.38. The number of fused-ring (bicyclic) bond motifs is 2. The van der Waals surface area contributed by atoms with Crippen LogP contribution < -0.4 is 22.1 Å². The number of amides is 2. The lowest BCUT2D eigenvalue weighted by atomic mass is 10.1. The van der Waals surface area contributed by atoms with Gasteiger partial charge in [0.2, 0.25) is 0 Å². The van der Waals surface area contributed by atoms with E-state index in [1.165, 1.54) is 40.9 Å². The standard InChI is InChI=1S/2C21H18BrFN4OS/c22-17-10-18(29-19(17)15-4-6-25-20-16(15)5-7-26-20)21(28)27-11-14(24)9-12-2-1-3-13(23)8-12;22-16-10-18(29-19(16)14-5-7-25-20-15(14)6-8-26-20)21(28)27-13(11-24)9-12-3-1-2-4-17(12)23/h1-8,10,14H,9,11,24H2,(H,25,26)(H,27,28);1-8,10,13H,9,11,24H2,(H,25,26)(H,27,28)/t14-;13-/m11/s1. The molecule has 10 nitrogen and oxygen atoms in total. The Morgan fingerprint density at radius 2 is 1.36 bits per heavy atom. The maximum Gasteiger partial charge on any atom is 0.261 e. The monoisotopic (exact) mass is 944 g/mol. The van der Waals surface area contributed by atoms with Crippen LogP contribution in [0, 0.1) is 11.6 Å². The van der Waals surface area contributed by atoms with Gasteiger partial charge in [-0.15, -0.1) is 22.7 Å². The Morgan fingerprint density at radius 3 is 1.95 bits per heavy atom. The summed E-state index contributed by atoms with van der Waals surface area (Å²) in [6.07, 6.45) is 7.98. The van der Waals surface area contributed by atoms with E-state index >= 15 is 0 Å². The van der Waals surface area contributed by atoms with Crippen molar-refractivity contribution in [1.29, 1.82) is 0 Å². The molecule has 0 aliphatic rings. The number of carbonyl (C=O) groups is 2. The van der Waals surface area contributed by atoms with Crippen molar-refractivity contribution in [1.82, 2.24) is 30.6 Å². The highest BCUT2D eigenvalue weighted by Gasteiger charge is 2.21. The Balaban J connectivity index is 0.000000177. The van der Waals surface area contributed by atoms with E-state index in [4.69, 9.17) is 11.5 Å². The van der Waals surface area contributed by atoms with E-state index in [-0.39, 0.29) is 42.1 Å². The lowest BCUT2D eigenvalue weighted by Crippen LogP contribution is -2.41.